The molecular weight excluding hydrogens is 168 g/mol. The van der Waals surface area contributed by atoms with E-state index in [1.807, 2.05) is 6.92 Å². The Kier molecular flexibility index (Phi) is 5.27. The normalized spacial score (nSPS) is 11.2. The topological polar surface area (TPSA) is 40.6 Å². The fourth-order valence-electron chi connectivity index (χ4n) is 0.887. The van der Waals surface area contributed by atoms with Crippen molar-refractivity contribution in [2.45, 2.75) is 13.0 Å². The Morgan fingerprint density at radius 3 is 2.15 bits per heavy atom. The van der Waals surface area contributed by atoms with Crippen LogP contribution in [-0.2, 0) is 9.59 Å². The van der Waals surface area contributed by atoms with E-state index in [0.717, 1.165) is 0 Å². The lowest BCUT2D eigenvalue weighted by atomic mass is 10.3. The lowest BCUT2D eigenvalue weighted by Crippen LogP contribution is -2.36. The van der Waals surface area contributed by atoms with Gasteiger partial charge in [-0.1, -0.05) is 13.2 Å². The monoisotopic (exact) mass is 182 g/mol. The molecule has 0 N–H and O–H groups in total. The summed E-state index contributed by atoms with van der Waals surface area (Å²) in [6.45, 7) is 9.16. The van der Waals surface area contributed by atoms with E-state index in [0.29, 0.717) is 19.4 Å². The molecule has 0 aromatic rings. The van der Waals surface area contributed by atoms with Gasteiger partial charge in [0.15, 0.2) is 0 Å². The number of amides is 2. The standard InChI is InChI=1S/C9H14N2O2/c1-4-10(7-12)6-9(3)11(5-2)8-13/h4-5,7-9H,1-2,6H2,3H3. The van der Waals surface area contributed by atoms with E-state index in [4.69, 9.17) is 0 Å². The molecule has 0 aliphatic carbocycles. The Labute approximate surface area is 78.1 Å². The molecule has 0 aliphatic rings. The Morgan fingerprint density at radius 2 is 1.85 bits per heavy atom. The molecule has 0 aromatic carbocycles. The molecule has 0 aliphatic heterocycles. The van der Waals surface area contributed by atoms with Gasteiger partial charge in [0, 0.05) is 6.54 Å². The van der Waals surface area contributed by atoms with Gasteiger partial charge in [0.05, 0.1) is 6.04 Å². The maximum absolute atomic E-state index is 10.5. The first-order chi connectivity index (χ1) is 6.19. The fraction of sp³-hybridized carbons (Fsp3) is 0.333. The quantitative estimate of drug-likeness (QED) is 0.540. The zero-order chi connectivity index (χ0) is 10.3. The molecule has 1 atom stereocenters. The molecule has 0 bridgehead atoms. The molecule has 0 aromatic heterocycles. The summed E-state index contributed by atoms with van der Waals surface area (Å²) in [5, 5.41) is 0. The predicted molar refractivity (Wildman–Crippen MR) is 50.5 cm³/mol. The second kappa shape index (κ2) is 5.99. The smallest absolute Gasteiger partial charge is 0.213 e. The lowest BCUT2D eigenvalue weighted by Gasteiger charge is -2.24. The van der Waals surface area contributed by atoms with Gasteiger partial charge in [-0.05, 0) is 19.3 Å². The lowest BCUT2D eigenvalue weighted by molar-refractivity contribution is -0.120. The van der Waals surface area contributed by atoms with Crippen LogP contribution in [0.3, 0.4) is 0 Å². The van der Waals surface area contributed by atoms with Crippen LogP contribution in [0.1, 0.15) is 6.92 Å². The first kappa shape index (κ1) is 11.4. The number of carbonyl (C=O) groups is 2. The van der Waals surface area contributed by atoms with Crippen molar-refractivity contribution in [3.63, 3.8) is 0 Å². The summed E-state index contributed by atoms with van der Waals surface area (Å²) in [5.74, 6) is 0. The van der Waals surface area contributed by atoms with Crippen LogP contribution in [-0.4, -0.2) is 35.2 Å². The van der Waals surface area contributed by atoms with Crippen molar-refractivity contribution in [3.8, 4) is 0 Å². The zero-order valence-electron chi connectivity index (χ0n) is 7.72. The molecule has 4 nitrogen and oxygen atoms in total. The molecule has 0 spiro atoms. The molecule has 0 fully saturated rings. The van der Waals surface area contributed by atoms with Gasteiger partial charge in [-0.3, -0.25) is 9.59 Å². The maximum atomic E-state index is 10.5. The minimum absolute atomic E-state index is 0.0989. The third-order valence-electron chi connectivity index (χ3n) is 1.69. The van der Waals surface area contributed by atoms with E-state index in [1.165, 1.54) is 22.2 Å². The van der Waals surface area contributed by atoms with Crippen molar-refractivity contribution in [2.24, 2.45) is 0 Å². The van der Waals surface area contributed by atoms with Crippen molar-refractivity contribution in [1.82, 2.24) is 9.80 Å². The maximum Gasteiger partial charge on any atom is 0.213 e. The third kappa shape index (κ3) is 3.55. The van der Waals surface area contributed by atoms with Gasteiger partial charge in [-0.15, -0.1) is 0 Å². The first-order valence-electron chi connectivity index (χ1n) is 3.88. The average molecular weight is 182 g/mol. The highest BCUT2D eigenvalue weighted by molar-refractivity contribution is 5.51. The van der Waals surface area contributed by atoms with Crippen LogP contribution in [0.25, 0.3) is 0 Å². The molecule has 0 radical (unpaired) electrons. The van der Waals surface area contributed by atoms with E-state index in [2.05, 4.69) is 13.2 Å². The summed E-state index contributed by atoms with van der Waals surface area (Å²) < 4.78 is 0. The Bertz CT molecular complexity index is 188. The molecule has 0 saturated carbocycles. The molecule has 0 saturated heterocycles. The molecule has 4 heteroatoms. The Morgan fingerprint density at radius 1 is 1.23 bits per heavy atom. The van der Waals surface area contributed by atoms with Crippen LogP contribution in [0, 0.1) is 0 Å². The van der Waals surface area contributed by atoms with Crippen LogP contribution in [0.15, 0.2) is 25.6 Å². The minimum atomic E-state index is -0.0989. The van der Waals surface area contributed by atoms with Crippen molar-refractivity contribution >= 4 is 12.8 Å². The second-order valence-electron chi connectivity index (χ2n) is 2.57. The van der Waals surface area contributed by atoms with Gasteiger partial charge in [0.1, 0.15) is 0 Å². The van der Waals surface area contributed by atoms with Crippen LogP contribution in [0.4, 0.5) is 0 Å². The summed E-state index contributed by atoms with van der Waals surface area (Å²) >= 11 is 0. The van der Waals surface area contributed by atoms with E-state index < -0.39 is 0 Å². The van der Waals surface area contributed by atoms with E-state index in [9.17, 15) is 9.59 Å². The van der Waals surface area contributed by atoms with Gasteiger partial charge in [0.25, 0.3) is 0 Å². The molecular formula is C9H14N2O2. The third-order valence-corrected chi connectivity index (χ3v) is 1.69. The van der Waals surface area contributed by atoms with Gasteiger partial charge >= 0.3 is 0 Å². The van der Waals surface area contributed by atoms with Gasteiger partial charge in [0.2, 0.25) is 12.8 Å². The predicted octanol–water partition coefficient (Wildman–Crippen LogP) is 0.579. The van der Waals surface area contributed by atoms with Crippen LogP contribution in [0.5, 0.6) is 0 Å². The van der Waals surface area contributed by atoms with E-state index in [-0.39, 0.29) is 6.04 Å². The summed E-state index contributed by atoms with van der Waals surface area (Å²) in [4.78, 5) is 23.6. The van der Waals surface area contributed by atoms with Crippen LogP contribution < -0.4 is 0 Å². The highest BCUT2D eigenvalue weighted by atomic mass is 16.1. The highest BCUT2D eigenvalue weighted by Gasteiger charge is 2.10. The summed E-state index contributed by atoms with van der Waals surface area (Å²) in [7, 11) is 0. The minimum Gasteiger partial charge on any atom is -0.320 e. The largest absolute Gasteiger partial charge is 0.320 e. The zero-order valence-corrected chi connectivity index (χ0v) is 7.72. The van der Waals surface area contributed by atoms with Gasteiger partial charge in [-0.25, -0.2) is 0 Å². The Hall–Kier alpha value is -1.58. The average Bonchev–Trinajstić information content (AvgIpc) is 2.16. The number of hydrogen-bond acceptors (Lipinski definition) is 2. The molecule has 2 amide bonds. The van der Waals surface area contributed by atoms with Crippen molar-refractivity contribution in [1.29, 1.82) is 0 Å². The van der Waals surface area contributed by atoms with E-state index in [1.54, 1.807) is 0 Å². The Balaban J connectivity index is 4.16. The molecule has 0 heterocycles. The van der Waals surface area contributed by atoms with Crippen LogP contribution >= 0.6 is 0 Å². The van der Waals surface area contributed by atoms with Gasteiger partial charge in [-0.2, -0.15) is 0 Å². The summed E-state index contributed by atoms with van der Waals surface area (Å²) in [5.41, 5.74) is 0. The van der Waals surface area contributed by atoms with E-state index >= 15 is 0 Å². The van der Waals surface area contributed by atoms with Crippen molar-refractivity contribution in [2.75, 3.05) is 6.54 Å². The summed E-state index contributed by atoms with van der Waals surface area (Å²) in [6, 6.07) is -0.0989. The van der Waals surface area contributed by atoms with Crippen molar-refractivity contribution < 1.29 is 9.59 Å². The van der Waals surface area contributed by atoms with Gasteiger partial charge < -0.3 is 9.80 Å². The SMILES string of the molecule is C=CN(C=O)CC(C)N(C=C)C=O. The number of rotatable bonds is 7. The molecule has 0 rings (SSSR count). The highest BCUT2D eigenvalue weighted by Crippen LogP contribution is 1.98. The first-order valence-corrected chi connectivity index (χ1v) is 3.88. The number of nitrogens with zero attached hydrogens (tertiary/aromatic N) is 2. The van der Waals surface area contributed by atoms with Crippen LogP contribution in [0.2, 0.25) is 0 Å². The van der Waals surface area contributed by atoms with Crippen molar-refractivity contribution in [3.05, 3.63) is 25.6 Å². The number of hydrogen-bond donors (Lipinski definition) is 0. The molecule has 13 heavy (non-hydrogen) atoms. The molecule has 1 unspecified atom stereocenters. The fourth-order valence-corrected chi connectivity index (χ4v) is 0.887. The second-order valence-corrected chi connectivity index (χ2v) is 2.57. The molecule has 72 valence electrons. The summed E-state index contributed by atoms with van der Waals surface area (Å²) in [6.07, 6.45) is 4.17. The number of carbonyl (C=O) groups excluding carboxylic acids is 2.